The Balaban J connectivity index is 1.86. The SMILES string of the molecule is CCN(C(=O)CN(C)CC1CC(O)C1)c1ccccc1. The fourth-order valence-corrected chi connectivity index (χ4v) is 2.78. The predicted octanol–water partition coefficient (Wildman–Crippen LogP) is 1.74. The number of rotatable bonds is 6. The van der Waals surface area contributed by atoms with Gasteiger partial charge in [-0.15, -0.1) is 0 Å². The van der Waals surface area contributed by atoms with E-state index in [0.29, 0.717) is 19.0 Å². The maximum atomic E-state index is 12.4. The van der Waals surface area contributed by atoms with Crippen LogP contribution < -0.4 is 4.90 Å². The third kappa shape index (κ3) is 3.81. The van der Waals surface area contributed by atoms with Gasteiger partial charge in [0.15, 0.2) is 0 Å². The molecule has 0 bridgehead atoms. The van der Waals surface area contributed by atoms with Crippen molar-refractivity contribution in [2.75, 3.05) is 31.6 Å². The first-order valence-electron chi connectivity index (χ1n) is 7.32. The molecule has 2 rings (SSSR count). The minimum atomic E-state index is -0.124. The second-order valence-corrected chi connectivity index (χ2v) is 5.66. The van der Waals surface area contributed by atoms with E-state index in [0.717, 1.165) is 25.1 Å². The Bertz CT molecular complexity index is 429. The Morgan fingerprint density at radius 2 is 1.95 bits per heavy atom. The number of anilines is 1. The summed E-state index contributed by atoms with van der Waals surface area (Å²) in [6, 6.07) is 9.78. The number of aliphatic hydroxyl groups is 1. The van der Waals surface area contributed by atoms with Gasteiger partial charge in [0, 0.05) is 18.8 Å². The van der Waals surface area contributed by atoms with Crippen LogP contribution in [0.25, 0.3) is 0 Å². The van der Waals surface area contributed by atoms with Crippen molar-refractivity contribution >= 4 is 11.6 Å². The Kier molecular flexibility index (Phi) is 5.15. The average molecular weight is 276 g/mol. The van der Waals surface area contributed by atoms with Gasteiger partial charge in [-0.05, 0) is 44.9 Å². The quantitative estimate of drug-likeness (QED) is 0.861. The van der Waals surface area contributed by atoms with Crippen molar-refractivity contribution in [3.05, 3.63) is 30.3 Å². The number of carbonyl (C=O) groups is 1. The number of hydrogen-bond acceptors (Lipinski definition) is 3. The van der Waals surface area contributed by atoms with Gasteiger partial charge < -0.3 is 10.0 Å². The molecule has 4 heteroatoms. The third-order valence-electron chi connectivity index (χ3n) is 3.87. The summed E-state index contributed by atoms with van der Waals surface area (Å²) in [5, 5.41) is 9.29. The monoisotopic (exact) mass is 276 g/mol. The molecule has 1 amide bonds. The summed E-state index contributed by atoms with van der Waals surface area (Å²) in [4.78, 5) is 16.2. The largest absolute Gasteiger partial charge is 0.393 e. The van der Waals surface area contributed by atoms with Gasteiger partial charge in [0.25, 0.3) is 0 Å². The van der Waals surface area contributed by atoms with Crippen LogP contribution in [0.3, 0.4) is 0 Å². The summed E-state index contributed by atoms with van der Waals surface area (Å²) >= 11 is 0. The number of amides is 1. The van der Waals surface area contributed by atoms with Crippen LogP contribution >= 0.6 is 0 Å². The van der Waals surface area contributed by atoms with Crippen molar-refractivity contribution < 1.29 is 9.90 Å². The summed E-state index contributed by atoms with van der Waals surface area (Å²) in [6.07, 6.45) is 1.62. The van der Waals surface area contributed by atoms with Crippen molar-refractivity contribution in [2.45, 2.75) is 25.9 Å². The summed E-state index contributed by atoms with van der Waals surface area (Å²) < 4.78 is 0. The standard InChI is InChI=1S/C16H24N2O2/c1-3-18(14-7-5-4-6-8-14)16(20)12-17(2)11-13-9-15(19)10-13/h4-8,13,15,19H,3,9-12H2,1-2H3. The molecule has 0 saturated heterocycles. The summed E-state index contributed by atoms with van der Waals surface area (Å²) in [5.74, 6) is 0.663. The van der Waals surface area contributed by atoms with Gasteiger partial charge in [-0.3, -0.25) is 9.69 Å². The Morgan fingerprint density at radius 3 is 2.50 bits per heavy atom. The summed E-state index contributed by atoms with van der Waals surface area (Å²) in [5.41, 5.74) is 0.951. The minimum Gasteiger partial charge on any atom is -0.393 e. The first kappa shape index (κ1) is 15.0. The molecule has 110 valence electrons. The normalized spacial score (nSPS) is 21.6. The van der Waals surface area contributed by atoms with Crippen LogP contribution in [-0.4, -0.2) is 48.7 Å². The van der Waals surface area contributed by atoms with Crippen molar-refractivity contribution in [1.82, 2.24) is 4.90 Å². The van der Waals surface area contributed by atoms with E-state index in [2.05, 4.69) is 4.90 Å². The number of likely N-dealkylation sites (N-methyl/N-ethyl adjacent to an activating group) is 2. The van der Waals surface area contributed by atoms with Gasteiger partial charge in [-0.25, -0.2) is 0 Å². The molecule has 0 unspecified atom stereocenters. The third-order valence-corrected chi connectivity index (χ3v) is 3.87. The second-order valence-electron chi connectivity index (χ2n) is 5.66. The van der Waals surface area contributed by atoms with Crippen molar-refractivity contribution in [1.29, 1.82) is 0 Å². The second kappa shape index (κ2) is 6.86. The summed E-state index contributed by atoms with van der Waals surface area (Å²) in [7, 11) is 1.97. The first-order valence-corrected chi connectivity index (χ1v) is 7.32. The lowest BCUT2D eigenvalue weighted by Crippen LogP contribution is -2.43. The maximum absolute atomic E-state index is 12.4. The lowest BCUT2D eigenvalue weighted by atomic mass is 9.82. The number of para-hydroxylation sites is 1. The zero-order chi connectivity index (χ0) is 14.5. The molecular formula is C16H24N2O2. The minimum absolute atomic E-state index is 0.124. The van der Waals surface area contributed by atoms with Crippen LogP contribution in [0.1, 0.15) is 19.8 Å². The van der Waals surface area contributed by atoms with Gasteiger partial charge in [0.2, 0.25) is 5.91 Å². The zero-order valence-electron chi connectivity index (χ0n) is 12.3. The lowest BCUT2D eigenvalue weighted by molar-refractivity contribution is -0.119. The molecular weight excluding hydrogens is 252 g/mol. The molecule has 0 heterocycles. The molecule has 0 aliphatic heterocycles. The zero-order valence-corrected chi connectivity index (χ0v) is 12.3. The molecule has 1 aliphatic carbocycles. The molecule has 1 saturated carbocycles. The average Bonchev–Trinajstić information content (AvgIpc) is 2.39. The van der Waals surface area contributed by atoms with Crippen molar-refractivity contribution in [3.63, 3.8) is 0 Å². The molecule has 0 radical (unpaired) electrons. The fraction of sp³-hybridized carbons (Fsp3) is 0.562. The summed E-state index contributed by atoms with van der Waals surface area (Å²) in [6.45, 7) is 3.98. The molecule has 0 spiro atoms. The van der Waals surface area contributed by atoms with E-state index in [1.807, 2.05) is 49.2 Å². The Labute approximate surface area is 121 Å². The van der Waals surface area contributed by atoms with Gasteiger partial charge >= 0.3 is 0 Å². The molecule has 20 heavy (non-hydrogen) atoms. The molecule has 4 nitrogen and oxygen atoms in total. The van der Waals surface area contributed by atoms with E-state index in [1.165, 1.54) is 0 Å². The molecule has 1 aromatic carbocycles. The highest BCUT2D eigenvalue weighted by Gasteiger charge is 2.28. The Morgan fingerprint density at radius 1 is 1.30 bits per heavy atom. The van der Waals surface area contributed by atoms with Crippen LogP contribution in [0.5, 0.6) is 0 Å². The number of aliphatic hydroxyl groups excluding tert-OH is 1. The molecule has 0 aromatic heterocycles. The predicted molar refractivity (Wildman–Crippen MR) is 80.7 cm³/mol. The van der Waals surface area contributed by atoms with Gasteiger partial charge in [-0.1, -0.05) is 18.2 Å². The highest BCUT2D eigenvalue weighted by atomic mass is 16.3. The molecule has 1 aliphatic rings. The van der Waals surface area contributed by atoms with Crippen LogP contribution in [0.15, 0.2) is 30.3 Å². The molecule has 1 aromatic rings. The van der Waals surface area contributed by atoms with Crippen LogP contribution in [0, 0.1) is 5.92 Å². The van der Waals surface area contributed by atoms with E-state index >= 15 is 0 Å². The van der Waals surface area contributed by atoms with E-state index < -0.39 is 0 Å². The molecule has 0 atom stereocenters. The van der Waals surface area contributed by atoms with E-state index in [1.54, 1.807) is 0 Å². The van der Waals surface area contributed by atoms with Gasteiger partial charge in [-0.2, -0.15) is 0 Å². The van der Waals surface area contributed by atoms with Crippen molar-refractivity contribution in [3.8, 4) is 0 Å². The number of nitrogens with zero attached hydrogens (tertiary/aromatic N) is 2. The fourth-order valence-electron chi connectivity index (χ4n) is 2.78. The van der Waals surface area contributed by atoms with Gasteiger partial charge in [0.05, 0.1) is 12.6 Å². The van der Waals surface area contributed by atoms with E-state index in [9.17, 15) is 9.90 Å². The highest BCUT2D eigenvalue weighted by molar-refractivity contribution is 5.94. The van der Waals surface area contributed by atoms with E-state index in [-0.39, 0.29) is 12.0 Å². The topological polar surface area (TPSA) is 43.8 Å². The van der Waals surface area contributed by atoms with Crippen LogP contribution in [0.4, 0.5) is 5.69 Å². The molecule has 1 N–H and O–H groups in total. The number of benzene rings is 1. The van der Waals surface area contributed by atoms with Gasteiger partial charge in [0.1, 0.15) is 0 Å². The highest BCUT2D eigenvalue weighted by Crippen LogP contribution is 2.27. The molecule has 1 fully saturated rings. The van der Waals surface area contributed by atoms with Crippen LogP contribution in [-0.2, 0) is 4.79 Å². The lowest BCUT2D eigenvalue weighted by Gasteiger charge is -2.34. The first-order chi connectivity index (χ1) is 9.60. The number of hydrogen-bond donors (Lipinski definition) is 1. The van der Waals surface area contributed by atoms with Crippen LogP contribution in [0.2, 0.25) is 0 Å². The Hall–Kier alpha value is -1.39. The van der Waals surface area contributed by atoms with E-state index in [4.69, 9.17) is 0 Å². The number of carbonyl (C=O) groups excluding carboxylic acids is 1. The van der Waals surface area contributed by atoms with Crippen molar-refractivity contribution in [2.24, 2.45) is 5.92 Å². The smallest absolute Gasteiger partial charge is 0.241 e. The maximum Gasteiger partial charge on any atom is 0.241 e.